The van der Waals surface area contributed by atoms with Crippen molar-refractivity contribution in [3.8, 4) is 23.7 Å². The van der Waals surface area contributed by atoms with Gasteiger partial charge in [-0.3, -0.25) is 4.79 Å². The number of rotatable bonds is 4. The number of aldehydes is 1. The van der Waals surface area contributed by atoms with Crippen LogP contribution in [0.15, 0.2) is 54.6 Å². The van der Waals surface area contributed by atoms with Crippen LogP contribution in [-0.2, 0) is 0 Å². The molecule has 0 bridgehead atoms. The minimum Gasteiger partial charge on any atom is -0.298 e. The SMILES string of the molecule is O=Cc1cccc(C#CCCCCC#Cc2ccccc2)c1. The van der Waals surface area contributed by atoms with E-state index in [1.165, 1.54) is 0 Å². The van der Waals surface area contributed by atoms with Crippen molar-refractivity contribution < 1.29 is 4.79 Å². The second-order valence-electron chi connectivity index (χ2n) is 4.92. The minimum absolute atomic E-state index is 0.669. The molecular formula is C21H18O. The zero-order valence-corrected chi connectivity index (χ0v) is 12.5. The van der Waals surface area contributed by atoms with Crippen molar-refractivity contribution in [1.29, 1.82) is 0 Å². The molecule has 0 aromatic heterocycles. The summed E-state index contributed by atoms with van der Waals surface area (Å²) in [5.41, 5.74) is 2.63. The quantitative estimate of drug-likeness (QED) is 0.460. The van der Waals surface area contributed by atoms with E-state index < -0.39 is 0 Å². The molecule has 0 N–H and O–H groups in total. The van der Waals surface area contributed by atoms with Gasteiger partial charge in [-0.05, 0) is 37.1 Å². The van der Waals surface area contributed by atoms with Crippen molar-refractivity contribution in [2.24, 2.45) is 0 Å². The van der Waals surface area contributed by atoms with Gasteiger partial charge in [-0.25, -0.2) is 0 Å². The lowest BCUT2D eigenvalue weighted by atomic mass is 10.1. The minimum atomic E-state index is 0.669. The van der Waals surface area contributed by atoms with Crippen molar-refractivity contribution in [3.05, 3.63) is 71.3 Å². The average molecular weight is 286 g/mol. The normalized spacial score (nSPS) is 9.09. The van der Waals surface area contributed by atoms with E-state index >= 15 is 0 Å². The third-order valence-corrected chi connectivity index (χ3v) is 3.12. The monoisotopic (exact) mass is 286 g/mol. The molecule has 2 rings (SSSR count). The molecular weight excluding hydrogens is 268 g/mol. The summed E-state index contributed by atoms with van der Waals surface area (Å²) in [6.45, 7) is 0. The first kappa shape index (κ1) is 15.6. The third-order valence-electron chi connectivity index (χ3n) is 3.12. The number of benzene rings is 2. The summed E-state index contributed by atoms with van der Waals surface area (Å²) in [4.78, 5) is 10.7. The Hall–Kier alpha value is -2.77. The van der Waals surface area contributed by atoms with Gasteiger partial charge in [-0.2, -0.15) is 0 Å². The van der Waals surface area contributed by atoms with Gasteiger partial charge in [0.25, 0.3) is 0 Å². The summed E-state index contributed by atoms with van der Waals surface area (Å²) in [5.74, 6) is 12.6. The van der Waals surface area contributed by atoms with E-state index in [2.05, 4.69) is 23.7 Å². The van der Waals surface area contributed by atoms with E-state index in [0.29, 0.717) is 5.56 Å². The second kappa shape index (κ2) is 9.22. The van der Waals surface area contributed by atoms with Crippen molar-refractivity contribution in [1.82, 2.24) is 0 Å². The maximum Gasteiger partial charge on any atom is 0.150 e. The van der Waals surface area contributed by atoms with Crippen LogP contribution in [0.4, 0.5) is 0 Å². The van der Waals surface area contributed by atoms with Crippen LogP contribution < -0.4 is 0 Å². The molecule has 0 heterocycles. The number of unbranched alkanes of at least 4 members (excludes halogenated alkanes) is 3. The highest BCUT2D eigenvalue weighted by molar-refractivity contribution is 5.75. The number of hydrogen-bond donors (Lipinski definition) is 0. The fraction of sp³-hybridized carbons (Fsp3) is 0.190. The lowest BCUT2D eigenvalue weighted by Gasteiger charge is -1.92. The van der Waals surface area contributed by atoms with E-state index in [-0.39, 0.29) is 0 Å². The van der Waals surface area contributed by atoms with Crippen LogP contribution in [0, 0.1) is 23.7 Å². The predicted octanol–water partition coefficient (Wildman–Crippen LogP) is 4.46. The maximum absolute atomic E-state index is 10.7. The molecule has 2 aromatic rings. The molecule has 0 aliphatic rings. The average Bonchev–Trinajstić information content (AvgIpc) is 2.58. The fourth-order valence-electron chi connectivity index (χ4n) is 1.97. The molecule has 0 fully saturated rings. The Bertz CT molecular complexity index is 721. The Morgan fingerprint density at radius 3 is 2.09 bits per heavy atom. The van der Waals surface area contributed by atoms with Gasteiger partial charge >= 0.3 is 0 Å². The number of carbonyl (C=O) groups is 1. The first-order chi connectivity index (χ1) is 10.9. The summed E-state index contributed by atoms with van der Waals surface area (Å²) in [7, 11) is 0. The summed E-state index contributed by atoms with van der Waals surface area (Å²) in [6, 6.07) is 17.4. The molecule has 0 saturated carbocycles. The third kappa shape index (κ3) is 5.70. The lowest BCUT2D eigenvalue weighted by Crippen LogP contribution is -1.81. The van der Waals surface area contributed by atoms with Crippen molar-refractivity contribution in [2.75, 3.05) is 0 Å². The van der Waals surface area contributed by atoms with Crippen LogP contribution in [-0.4, -0.2) is 6.29 Å². The highest BCUT2D eigenvalue weighted by Gasteiger charge is 1.90. The van der Waals surface area contributed by atoms with Gasteiger partial charge in [0.1, 0.15) is 6.29 Å². The van der Waals surface area contributed by atoms with E-state index in [0.717, 1.165) is 43.1 Å². The first-order valence-electron chi connectivity index (χ1n) is 7.46. The molecule has 1 heteroatoms. The van der Waals surface area contributed by atoms with Crippen LogP contribution in [0.2, 0.25) is 0 Å². The van der Waals surface area contributed by atoms with Gasteiger partial charge in [0, 0.05) is 29.5 Å². The maximum atomic E-state index is 10.7. The molecule has 2 aromatic carbocycles. The topological polar surface area (TPSA) is 17.1 Å². The van der Waals surface area contributed by atoms with Gasteiger partial charge in [-0.1, -0.05) is 54.0 Å². The van der Waals surface area contributed by atoms with Crippen LogP contribution in [0.5, 0.6) is 0 Å². The second-order valence-corrected chi connectivity index (χ2v) is 4.92. The zero-order valence-electron chi connectivity index (χ0n) is 12.5. The van der Waals surface area contributed by atoms with Crippen LogP contribution in [0.3, 0.4) is 0 Å². The Morgan fingerprint density at radius 1 is 0.773 bits per heavy atom. The van der Waals surface area contributed by atoms with E-state index in [1.54, 1.807) is 6.07 Å². The van der Waals surface area contributed by atoms with Crippen molar-refractivity contribution in [3.63, 3.8) is 0 Å². The Labute approximate surface area is 132 Å². The summed E-state index contributed by atoms with van der Waals surface area (Å²) in [5, 5.41) is 0. The molecule has 0 unspecified atom stereocenters. The van der Waals surface area contributed by atoms with Gasteiger partial charge in [-0.15, -0.1) is 0 Å². The molecule has 0 amide bonds. The molecule has 0 aliphatic heterocycles. The van der Waals surface area contributed by atoms with Gasteiger partial charge in [0.15, 0.2) is 0 Å². The highest BCUT2D eigenvalue weighted by Crippen LogP contribution is 2.03. The van der Waals surface area contributed by atoms with Crippen molar-refractivity contribution in [2.45, 2.75) is 25.7 Å². The van der Waals surface area contributed by atoms with Gasteiger partial charge < -0.3 is 0 Å². The van der Waals surface area contributed by atoms with Crippen LogP contribution in [0.25, 0.3) is 0 Å². The molecule has 0 saturated heterocycles. The molecule has 0 spiro atoms. The van der Waals surface area contributed by atoms with Crippen LogP contribution >= 0.6 is 0 Å². The summed E-state index contributed by atoms with van der Waals surface area (Å²) < 4.78 is 0. The largest absolute Gasteiger partial charge is 0.298 e. The number of carbonyl (C=O) groups excluding carboxylic acids is 1. The van der Waals surface area contributed by atoms with Gasteiger partial charge in [0.2, 0.25) is 0 Å². The number of hydrogen-bond acceptors (Lipinski definition) is 1. The molecule has 108 valence electrons. The molecule has 0 radical (unpaired) electrons. The Morgan fingerprint density at radius 2 is 1.41 bits per heavy atom. The molecule has 0 atom stereocenters. The standard InChI is InChI=1S/C21H18O/c22-18-21-16-10-15-20(17-21)14-7-4-2-1-3-6-11-19-12-8-5-9-13-19/h5,8-10,12-13,15-18H,1-4H2. The van der Waals surface area contributed by atoms with Crippen LogP contribution in [0.1, 0.15) is 47.2 Å². The van der Waals surface area contributed by atoms with Crippen molar-refractivity contribution >= 4 is 6.29 Å². The van der Waals surface area contributed by atoms with Gasteiger partial charge in [0.05, 0.1) is 0 Å². The van der Waals surface area contributed by atoms with E-state index in [9.17, 15) is 4.79 Å². The zero-order chi connectivity index (χ0) is 15.5. The highest BCUT2D eigenvalue weighted by atomic mass is 16.1. The van der Waals surface area contributed by atoms with E-state index in [1.807, 2.05) is 48.5 Å². The summed E-state index contributed by atoms with van der Waals surface area (Å²) in [6.07, 6.45) is 4.71. The Balaban J connectivity index is 1.69. The fourth-order valence-corrected chi connectivity index (χ4v) is 1.97. The Kier molecular flexibility index (Phi) is 6.54. The predicted molar refractivity (Wildman–Crippen MR) is 90.5 cm³/mol. The lowest BCUT2D eigenvalue weighted by molar-refractivity contribution is 0.112. The molecule has 1 nitrogen and oxygen atoms in total. The summed E-state index contributed by atoms with van der Waals surface area (Å²) >= 11 is 0. The van der Waals surface area contributed by atoms with E-state index in [4.69, 9.17) is 0 Å². The molecule has 22 heavy (non-hydrogen) atoms. The molecule has 0 aliphatic carbocycles. The first-order valence-corrected chi connectivity index (χ1v) is 7.46. The smallest absolute Gasteiger partial charge is 0.150 e.